The predicted octanol–water partition coefficient (Wildman–Crippen LogP) is 1.80. The predicted molar refractivity (Wildman–Crippen MR) is 78.3 cm³/mol. The summed E-state index contributed by atoms with van der Waals surface area (Å²) in [5.41, 5.74) is 0.177. The average molecular weight is 300 g/mol. The molecule has 0 saturated carbocycles. The molecule has 6 nitrogen and oxygen atoms in total. The Bertz CT molecular complexity index is 569. The first-order valence-electron chi connectivity index (χ1n) is 6.34. The molecular formula is C13H20N2O4S. The Morgan fingerprint density at radius 3 is 2.35 bits per heavy atom. The number of rotatable bonds is 7. The smallest absolute Gasteiger partial charge is 0.337 e. The average Bonchev–Trinajstić information content (AvgIpc) is 2.39. The molecule has 1 N–H and O–H groups in total. The molecule has 0 saturated heterocycles. The fourth-order valence-electron chi connectivity index (χ4n) is 1.73. The first kappa shape index (κ1) is 16.5. The zero-order chi connectivity index (χ0) is 15.3. The third kappa shape index (κ3) is 3.49. The number of benzene rings is 1. The molecule has 0 aliphatic heterocycles. The fraction of sp³-hybridized carbons (Fsp3) is 0.462. The van der Waals surface area contributed by atoms with Crippen molar-refractivity contribution in [2.75, 3.05) is 24.9 Å². The number of hydrogen-bond donors (Lipinski definition) is 1. The van der Waals surface area contributed by atoms with E-state index < -0.39 is 16.2 Å². The number of para-hydroxylation sites is 1. The van der Waals surface area contributed by atoms with Crippen LogP contribution < -0.4 is 4.31 Å². The van der Waals surface area contributed by atoms with Crippen LogP contribution in [0.15, 0.2) is 24.3 Å². The first-order chi connectivity index (χ1) is 9.32. The van der Waals surface area contributed by atoms with Crippen LogP contribution in [-0.4, -0.2) is 44.4 Å². The minimum atomic E-state index is -3.72. The van der Waals surface area contributed by atoms with E-state index in [9.17, 15) is 18.3 Å². The Labute approximate surface area is 119 Å². The quantitative estimate of drug-likeness (QED) is 0.833. The van der Waals surface area contributed by atoms with Gasteiger partial charge in [0.15, 0.2) is 0 Å². The minimum Gasteiger partial charge on any atom is -0.478 e. The second-order valence-electron chi connectivity index (χ2n) is 4.54. The second kappa shape index (κ2) is 6.71. The topological polar surface area (TPSA) is 77.9 Å². The molecule has 0 aromatic heterocycles. The number of carbonyl (C=O) groups is 1. The zero-order valence-corrected chi connectivity index (χ0v) is 12.7. The van der Waals surface area contributed by atoms with E-state index in [-0.39, 0.29) is 17.8 Å². The van der Waals surface area contributed by atoms with Crippen LogP contribution in [0.4, 0.5) is 5.69 Å². The molecule has 0 heterocycles. The molecular weight excluding hydrogens is 280 g/mol. The monoisotopic (exact) mass is 300 g/mol. The van der Waals surface area contributed by atoms with Gasteiger partial charge >= 0.3 is 16.2 Å². The summed E-state index contributed by atoms with van der Waals surface area (Å²) in [6, 6.07) is 6.13. The Balaban J connectivity index is 3.35. The summed E-state index contributed by atoms with van der Waals surface area (Å²) in [6.45, 7) is 2.20. The van der Waals surface area contributed by atoms with E-state index in [0.29, 0.717) is 6.42 Å². The highest BCUT2D eigenvalue weighted by Crippen LogP contribution is 2.24. The van der Waals surface area contributed by atoms with Crippen LogP contribution >= 0.6 is 0 Å². The minimum absolute atomic E-state index is 0.0194. The molecule has 0 spiro atoms. The molecule has 0 atom stereocenters. The van der Waals surface area contributed by atoms with Crippen molar-refractivity contribution in [2.24, 2.45) is 0 Å². The van der Waals surface area contributed by atoms with Crippen molar-refractivity contribution in [1.29, 1.82) is 0 Å². The third-order valence-electron chi connectivity index (χ3n) is 2.86. The lowest BCUT2D eigenvalue weighted by molar-refractivity contribution is 0.0697. The maximum Gasteiger partial charge on any atom is 0.337 e. The van der Waals surface area contributed by atoms with Gasteiger partial charge in [-0.25, -0.2) is 4.79 Å². The normalized spacial score (nSPS) is 11.6. The molecule has 1 aromatic carbocycles. The van der Waals surface area contributed by atoms with E-state index in [4.69, 9.17) is 0 Å². The number of anilines is 1. The van der Waals surface area contributed by atoms with Gasteiger partial charge in [0, 0.05) is 20.6 Å². The lowest BCUT2D eigenvalue weighted by atomic mass is 10.1. The molecule has 0 aliphatic rings. The summed E-state index contributed by atoms with van der Waals surface area (Å²) in [4.78, 5) is 11.3. The van der Waals surface area contributed by atoms with Crippen LogP contribution in [0, 0.1) is 0 Å². The largest absolute Gasteiger partial charge is 0.478 e. The molecule has 0 radical (unpaired) electrons. The summed E-state index contributed by atoms with van der Waals surface area (Å²) in [5, 5.41) is 9.21. The Morgan fingerprint density at radius 1 is 1.25 bits per heavy atom. The van der Waals surface area contributed by atoms with Gasteiger partial charge in [0.25, 0.3) is 0 Å². The Morgan fingerprint density at radius 2 is 1.85 bits per heavy atom. The van der Waals surface area contributed by atoms with Crippen LogP contribution in [0.5, 0.6) is 0 Å². The van der Waals surface area contributed by atoms with Crippen molar-refractivity contribution >= 4 is 21.9 Å². The molecule has 1 rings (SSSR count). The number of unbranched alkanes of at least 4 members (excludes halogenated alkanes) is 1. The number of nitrogens with zero attached hydrogens (tertiary/aromatic N) is 2. The summed E-state index contributed by atoms with van der Waals surface area (Å²) in [6.07, 6.45) is 1.47. The maximum absolute atomic E-state index is 12.4. The Kier molecular flexibility index (Phi) is 5.52. The van der Waals surface area contributed by atoms with Crippen molar-refractivity contribution in [3.8, 4) is 0 Å². The third-order valence-corrected chi connectivity index (χ3v) is 4.72. The van der Waals surface area contributed by atoms with E-state index >= 15 is 0 Å². The molecule has 0 amide bonds. The molecule has 1 aromatic rings. The lowest BCUT2D eigenvalue weighted by Crippen LogP contribution is -2.41. The van der Waals surface area contributed by atoms with Crippen molar-refractivity contribution in [3.63, 3.8) is 0 Å². The molecule has 112 valence electrons. The highest BCUT2D eigenvalue weighted by molar-refractivity contribution is 7.90. The van der Waals surface area contributed by atoms with Crippen LogP contribution in [-0.2, 0) is 10.2 Å². The van der Waals surface area contributed by atoms with Gasteiger partial charge in [0.05, 0.1) is 11.3 Å². The molecule has 7 heteroatoms. The summed E-state index contributed by atoms with van der Waals surface area (Å²) < 4.78 is 27.0. The second-order valence-corrected chi connectivity index (χ2v) is 6.60. The standard InChI is InChI=1S/C13H20N2O4S/c1-4-5-10-15(20(18,19)14(2)3)12-9-7-6-8-11(12)13(16)17/h6-9H,4-5,10H2,1-3H3,(H,16,17). The van der Waals surface area contributed by atoms with Gasteiger partial charge in [-0.1, -0.05) is 25.5 Å². The van der Waals surface area contributed by atoms with Crippen molar-refractivity contribution in [3.05, 3.63) is 29.8 Å². The molecule has 20 heavy (non-hydrogen) atoms. The van der Waals surface area contributed by atoms with Gasteiger partial charge in [0.1, 0.15) is 0 Å². The first-order valence-corrected chi connectivity index (χ1v) is 7.74. The number of carboxylic acids is 1. The van der Waals surface area contributed by atoms with Crippen molar-refractivity contribution < 1.29 is 18.3 Å². The molecule has 0 bridgehead atoms. The summed E-state index contributed by atoms with van der Waals surface area (Å²) in [5.74, 6) is -1.14. The van der Waals surface area contributed by atoms with E-state index in [1.807, 2.05) is 6.92 Å². The highest BCUT2D eigenvalue weighted by atomic mass is 32.2. The van der Waals surface area contributed by atoms with Gasteiger partial charge < -0.3 is 5.11 Å². The molecule has 0 fully saturated rings. The van der Waals surface area contributed by atoms with Crippen LogP contribution in [0.1, 0.15) is 30.1 Å². The summed E-state index contributed by atoms with van der Waals surface area (Å²) >= 11 is 0. The van der Waals surface area contributed by atoms with Crippen LogP contribution in [0.25, 0.3) is 0 Å². The van der Waals surface area contributed by atoms with Gasteiger partial charge in [-0.15, -0.1) is 0 Å². The molecule has 0 aliphatic carbocycles. The number of hydrogen-bond acceptors (Lipinski definition) is 3. The van der Waals surface area contributed by atoms with Crippen molar-refractivity contribution in [1.82, 2.24) is 4.31 Å². The SMILES string of the molecule is CCCCN(c1ccccc1C(=O)O)S(=O)(=O)N(C)C. The Hall–Kier alpha value is -1.60. The van der Waals surface area contributed by atoms with Crippen LogP contribution in [0.3, 0.4) is 0 Å². The number of aromatic carboxylic acids is 1. The maximum atomic E-state index is 12.4. The van der Waals surface area contributed by atoms with Gasteiger partial charge in [-0.3, -0.25) is 4.31 Å². The van der Waals surface area contributed by atoms with E-state index in [2.05, 4.69) is 0 Å². The highest BCUT2D eigenvalue weighted by Gasteiger charge is 2.27. The summed E-state index contributed by atoms with van der Waals surface area (Å²) in [7, 11) is -0.861. The lowest BCUT2D eigenvalue weighted by Gasteiger charge is -2.28. The van der Waals surface area contributed by atoms with Gasteiger partial charge in [-0.05, 0) is 18.6 Å². The number of carboxylic acid groups (broad SMARTS) is 1. The van der Waals surface area contributed by atoms with E-state index in [1.54, 1.807) is 12.1 Å². The van der Waals surface area contributed by atoms with E-state index in [1.165, 1.54) is 26.2 Å². The molecule has 0 unspecified atom stereocenters. The fourth-order valence-corrected chi connectivity index (χ4v) is 2.89. The van der Waals surface area contributed by atoms with Crippen molar-refractivity contribution in [2.45, 2.75) is 19.8 Å². The van der Waals surface area contributed by atoms with Gasteiger partial charge in [-0.2, -0.15) is 12.7 Å². The van der Waals surface area contributed by atoms with E-state index in [0.717, 1.165) is 15.0 Å². The van der Waals surface area contributed by atoms with Gasteiger partial charge in [0.2, 0.25) is 0 Å². The zero-order valence-electron chi connectivity index (χ0n) is 11.9. The van der Waals surface area contributed by atoms with Crippen LogP contribution in [0.2, 0.25) is 0 Å².